The lowest BCUT2D eigenvalue weighted by Gasteiger charge is -2.48. The molecule has 1 aromatic rings. The van der Waals surface area contributed by atoms with Crippen molar-refractivity contribution in [1.29, 1.82) is 0 Å². The van der Waals surface area contributed by atoms with E-state index in [1.807, 2.05) is 30.3 Å². The lowest BCUT2D eigenvalue weighted by Crippen LogP contribution is -2.58. The first-order valence-corrected chi connectivity index (χ1v) is 7.34. The molecule has 108 valence electrons. The predicted molar refractivity (Wildman–Crippen MR) is 75.0 cm³/mol. The lowest BCUT2D eigenvalue weighted by molar-refractivity contribution is -0.121. The highest BCUT2D eigenvalue weighted by Gasteiger charge is 2.54. The van der Waals surface area contributed by atoms with Crippen molar-refractivity contribution in [2.45, 2.75) is 37.9 Å². The molecule has 0 spiro atoms. The first kappa shape index (κ1) is 13.4. The summed E-state index contributed by atoms with van der Waals surface area (Å²) in [4.78, 5) is 11.7. The molecular weight excluding hydrogens is 254 g/mol. The number of hydrogen-bond acceptors (Lipinski definition) is 3. The summed E-state index contributed by atoms with van der Waals surface area (Å²) in [7, 11) is 0. The van der Waals surface area contributed by atoms with Gasteiger partial charge in [0.25, 0.3) is 0 Å². The largest absolute Gasteiger partial charge is 0.445 e. The summed E-state index contributed by atoms with van der Waals surface area (Å²) in [6.07, 6.45) is 3.88. The van der Waals surface area contributed by atoms with Crippen LogP contribution in [0.2, 0.25) is 0 Å². The average molecular weight is 275 g/mol. The Hall–Kier alpha value is -1.55. The third-order valence-corrected chi connectivity index (χ3v) is 4.72. The number of aliphatic hydroxyl groups is 1. The fourth-order valence-electron chi connectivity index (χ4n) is 3.64. The number of ether oxygens (including phenoxy) is 1. The van der Waals surface area contributed by atoms with Crippen LogP contribution in [0.4, 0.5) is 4.79 Å². The zero-order valence-corrected chi connectivity index (χ0v) is 11.5. The van der Waals surface area contributed by atoms with Crippen molar-refractivity contribution >= 4 is 6.09 Å². The van der Waals surface area contributed by atoms with Gasteiger partial charge < -0.3 is 15.2 Å². The Kier molecular flexibility index (Phi) is 3.66. The average Bonchev–Trinajstić information content (AvgIpc) is 2.87. The summed E-state index contributed by atoms with van der Waals surface area (Å²) in [5, 5.41) is 13.1. The summed E-state index contributed by atoms with van der Waals surface area (Å²) in [6, 6.07) is 9.57. The number of nitrogens with one attached hydrogen (secondary N) is 1. The Morgan fingerprint density at radius 3 is 2.90 bits per heavy atom. The molecule has 2 fully saturated rings. The van der Waals surface area contributed by atoms with Crippen LogP contribution < -0.4 is 5.32 Å². The summed E-state index contributed by atoms with van der Waals surface area (Å²) in [5.74, 6) is 1.04. The molecule has 2 N–H and O–H groups in total. The van der Waals surface area contributed by atoms with Gasteiger partial charge >= 0.3 is 6.09 Å². The van der Waals surface area contributed by atoms with Gasteiger partial charge in [-0.05, 0) is 36.7 Å². The molecule has 1 amide bonds. The van der Waals surface area contributed by atoms with Gasteiger partial charge in [0.15, 0.2) is 0 Å². The number of hydrogen-bond donors (Lipinski definition) is 2. The standard InChI is InChI=1S/C16H21NO3/c18-15(20-10-12-5-2-1-3-6-12)17-11-16(19)9-13-7-4-8-14(13)16/h1-3,5-6,13-14,19H,4,7-11H2,(H,17,18). The first-order chi connectivity index (χ1) is 9.67. The molecule has 3 rings (SSSR count). The van der Waals surface area contributed by atoms with E-state index in [-0.39, 0.29) is 6.61 Å². The fraction of sp³-hybridized carbons (Fsp3) is 0.562. The summed E-state index contributed by atoms with van der Waals surface area (Å²) < 4.78 is 5.14. The van der Waals surface area contributed by atoms with Crippen LogP contribution in [-0.2, 0) is 11.3 Å². The van der Waals surface area contributed by atoms with Gasteiger partial charge in [-0.25, -0.2) is 4.79 Å². The molecule has 3 unspecified atom stereocenters. The Balaban J connectivity index is 1.41. The van der Waals surface area contributed by atoms with Crippen molar-refractivity contribution in [1.82, 2.24) is 5.32 Å². The van der Waals surface area contributed by atoms with Crippen LogP contribution in [0.25, 0.3) is 0 Å². The normalized spacial score (nSPS) is 31.2. The monoisotopic (exact) mass is 275 g/mol. The SMILES string of the molecule is O=C(NCC1(O)CC2CCCC21)OCc1ccccc1. The van der Waals surface area contributed by atoms with Crippen LogP contribution in [0.5, 0.6) is 0 Å². The summed E-state index contributed by atoms with van der Waals surface area (Å²) >= 11 is 0. The van der Waals surface area contributed by atoms with Crippen molar-refractivity contribution in [2.24, 2.45) is 11.8 Å². The predicted octanol–water partition coefficient (Wildman–Crippen LogP) is 2.46. The Morgan fingerprint density at radius 1 is 1.35 bits per heavy atom. The minimum atomic E-state index is -0.701. The van der Waals surface area contributed by atoms with Gasteiger partial charge in [-0.2, -0.15) is 0 Å². The molecule has 2 aliphatic rings. The van der Waals surface area contributed by atoms with E-state index in [0.717, 1.165) is 18.4 Å². The van der Waals surface area contributed by atoms with Crippen molar-refractivity contribution < 1.29 is 14.6 Å². The van der Waals surface area contributed by atoms with Crippen molar-refractivity contribution in [3.05, 3.63) is 35.9 Å². The van der Waals surface area contributed by atoms with Crippen LogP contribution in [-0.4, -0.2) is 23.3 Å². The Morgan fingerprint density at radius 2 is 2.15 bits per heavy atom. The summed E-state index contributed by atoms with van der Waals surface area (Å²) in [6.45, 7) is 0.568. The second-order valence-corrected chi connectivity index (χ2v) is 6.02. The number of amides is 1. The van der Waals surface area contributed by atoms with Crippen LogP contribution in [0, 0.1) is 11.8 Å². The Labute approximate surface area is 119 Å². The molecule has 3 atom stereocenters. The maximum atomic E-state index is 11.7. The molecule has 0 bridgehead atoms. The fourth-order valence-corrected chi connectivity index (χ4v) is 3.64. The van der Waals surface area contributed by atoms with E-state index in [4.69, 9.17) is 4.74 Å². The van der Waals surface area contributed by atoms with Crippen molar-refractivity contribution in [3.8, 4) is 0 Å². The minimum Gasteiger partial charge on any atom is -0.445 e. The van der Waals surface area contributed by atoms with Gasteiger partial charge in [-0.3, -0.25) is 0 Å². The maximum absolute atomic E-state index is 11.7. The van der Waals surface area contributed by atoms with Gasteiger partial charge in [0.1, 0.15) is 6.61 Å². The van der Waals surface area contributed by atoms with E-state index in [9.17, 15) is 9.90 Å². The second-order valence-electron chi connectivity index (χ2n) is 6.02. The molecule has 1 aromatic carbocycles. The molecular formula is C16H21NO3. The molecule has 0 aromatic heterocycles. The molecule has 0 heterocycles. The molecule has 0 radical (unpaired) electrons. The zero-order chi connectivity index (χ0) is 14.0. The number of carbonyl (C=O) groups is 1. The number of benzene rings is 1. The van der Waals surface area contributed by atoms with Gasteiger partial charge in [0, 0.05) is 6.54 Å². The van der Waals surface area contributed by atoms with Crippen molar-refractivity contribution in [3.63, 3.8) is 0 Å². The van der Waals surface area contributed by atoms with Gasteiger partial charge in [-0.15, -0.1) is 0 Å². The lowest BCUT2D eigenvalue weighted by atomic mass is 9.63. The molecule has 4 heteroatoms. The van der Waals surface area contributed by atoms with Crippen LogP contribution in [0.15, 0.2) is 30.3 Å². The molecule has 4 nitrogen and oxygen atoms in total. The van der Waals surface area contributed by atoms with E-state index in [2.05, 4.69) is 5.32 Å². The summed E-state index contributed by atoms with van der Waals surface area (Å²) in [5.41, 5.74) is 0.258. The van der Waals surface area contributed by atoms with E-state index in [0.29, 0.717) is 18.4 Å². The van der Waals surface area contributed by atoms with Crippen LogP contribution in [0.3, 0.4) is 0 Å². The highest BCUT2D eigenvalue weighted by molar-refractivity contribution is 5.67. The molecule has 0 saturated heterocycles. The first-order valence-electron chi connectivity index (χ1n) is 7.34. The quantitative estimate of drug-likeness (QED) is 0.887. The van der Waals surface area contributed by atoms with Gasteiger partial charge in [0.05, 0.1) is 5.60 Å². The Bertz CT molecular complexity index is 476. The van der Waals surface area contributed by atoms with E-state index < -0.39 is 11.7 Å². The van der Waals surface area contributed by atoms with Crippen LogP contribution in [0.1, 0.15) is 31.2 Å². The second kappa shape index (κ2) is 5.44. The topological polar surface area (TPSA) is 58.6 Å². The molecule has 2 aliphatic carbocycles. The zero-order valence-electron chi connectivity index (χ0n) is 11.5. The van der Waals surface area contributed by atoms with Crippen LogP contribution >= 0.6 is 0 Å². The highest BCUT2D eigenvalue weighted by atomic mass is 16.5. The minimum absolute atomic E-state index is 0.261. The highest BCUT2D eigenvalue weighted by Crippen LogP contribution is 2.53. The van der Waals surface area contributed by atoms with E-state index in [1.54, 1.807) is 0 Å². The number of carbonyl (C=O) groups excluding carboxylic acids is 1. The molecule has 2 saturated carbocycles. The maximum Gasteiger partial charge on any atom is 0.407 e. The number of fused-ring (bicyclic) bond motifs is 1. The van der Waals surface area contributed by atoms with Crippen molar-refractivity contribution in [2.75, 3.05) is 6.54 Å². The van der Waals surface area contributed by atoms with Gasteiger partial charge in [-0.1, -0.05) is 36.8 Å². The number of alkyl carbamates (subject to hydrolysis) is 1. The van der Waals surface area contributed by atoms with Gasteiger partial charge in [0.2, 0.25) is 0 Å². The third kappa shape index (κ3) is 2.66. The smallest absolute Gasteiger partial charge is 0.407 e. The number of rotatable bonds is 4. The third-order valence-electron chi connectivity index (χ3n) is 4.72. The molecule has 0 aliphatic heterocycles. The van der Waals surface area contributed by atoms with E-state index in [1.165, 1.54) is 12.8 Å². The van der Waals surface area contributed by atoms with E-state index >= 15 is 0 Å². The molecule has 20 heavy (non-hydrogen) atoms.